The fourth-order valence-electron chi connectivity index (χ4n) is 1.97. The Labute approximate surface area is 130 Å². The van der Waals surface area contributed by atoms with Gasteiger partial charge < -0.3 is 19.1 Å². The molecule has 130 valence electrons. The van der Waals surface area contributed by atoms with Crippen LogP contribution in [-0.4, -0.2) is 53.8 Å². The van der Waals surface area contributed by atoms with E-state index >= 15 is 0 Å². The second kappa shape index (κ2) is 7.84. The van der Waals surface area contributed by atoms with Crippen LogP contribution in [0.4, 0.5) is 4.39 Å². The van der Waals surface area contributed by atoms with Crippen LogP contribution in [0.5, 0.6) is 0 Å². The third-order valence-electron chi connectivity index (χ3n) is 3.52. The predicted molar refractivity (Wildman–Crippen MR) is 78.6 cm³/mol. The summed E-state index contributed by atoms with van der Waals surface area (Å²) in [4.78, 5) is 11.6. The average molecular weight is 341 g/mol. The highest BCUT2D eigenvalue weighted by molar-refractivity contribution is 7.36. The van der Waals surface area contributed by atoms with Gasteiger partial charge in [0.05, 0.1) is 18.8 Å². The van der Waals surface area contributed by atoms with Gasteiger partial charge in [-0.05, 0) is 34.6 Å². The fourth-order valence-corrected chi connectivity index (χ4v) is 2.84. The number of nitrogens with one attached hydrogen (secondary N) is 1. The van der Waals surface area contributed by atoms with Crippen molar-refractivity contribution in [2.24, 2.45) is 0 Å². The third-order valence-corrected chi connectivity index (χ3v) is 4.62. The van der Waals surface area contributed by atoms with Gasteiger partial charge >= 0.3 is 5.97 Å². The van der Waals surface area contributed by atoms with Crippen LogP contribution in [0.2, 0.25) is 0 Å². The summed E-state index contributed by atoms with van der Waals surface area (Å²) in [6.45, 7) is 7.43. The van der Waals surface area contributed by atoms with Crippen molar-refractivity contribution in [1.29, 1.82) is 0 Å². The van der Waals surface area contributed by atoms with Gasteiger partial charge in [-0.2, -0.15) is 0 Å². The number of aliphatic hydroxyl groups is 1. The first-order valence-electron chi connectivity index (χ1n) is 7.22. The molecule has 9 heteroatoms. The SMILES string of the molecule is CC(C)OC(=O)[C@H](C)N[PH](=O)OC[C@H]1O[C@@H](C)[C@](C)(F)[C@@H]1O. The Kier molecular flexibility index (Phi) is 6.95. The summed E-state index contributed by atoms with van der Waals surface area (Å²) in [5.74, 6) is -0.543. The Balaban J connectivity index is 2.39. The van der Waals surface area contributed by atoms with E-state index in [2.05, 4.69) is 5.09 Å². The summed E-state index contributed by atoms with van der Waals surface area (Å²) in [5, 5.41) is 12.3. The molecular weight excluding hydrogens is 316 g/mol. The van der Waals surface area contributed by atoms with Gasteiger partial charge in [0.25, 0.3) is 8.18 Å². The molecule has 0 amide bonds. The summed E-state index contributed by atoms with van der Waals surface area (Å²) in [6, 6.07) is -0.798. The van der Waals surface area contributed by atoms with E-state index in [1.54, 1.807) is 13.8 Å². The van der Waals surface area contributed by atoms with E-state index in [4.69, 9.17) is 14.0 Å². The minimum atomic E-state index is -2.75. The molecule has 1 fully saturated rings. The van der Waals surface area contributed by atoms with E-state index in [1.165, 1.54) is 20.8 Å². The fraction of sp³-hybridized carbons (Fsp3) is 0.923. The lowest BCUT2D eigenvalue weighted by Crippen LogP contribution is -2.41. The van der Waals surface area contributed by atoms with Gasteiger partial charge in [-0.1, -0.05) is 0 Å². The number of aliphatic hydroxyl groups excluding tert-OH is 1. The minimum Gasteiger partial charge on any atom is -0.462 e. The summed E-state index contributed by atoms with van der Waals surface area (Å²) < 4.78 is 41.0. The summed E-state index contributed by atoms with van der Waals surface area (Å²) in [5.41, 5.74) is -1.88. The highest BCUT2D eigenvalue weighted by Crippen LogP contribution is 2.35. The van der Waals surface area contributed by atoms with Crippen LogP contribution >= 0.6 is 8.18 Å². The molecular formula is C13H25FNO6P. The van der Waals surface area contributed by atoms with Crippen molar-refractivity contribution in [3.63, 3.8) is 0 Å². The van der Waals surface area contributed by atoms with Crippen molar-refractivity contribution in [2.75, 3.05) is 6.61 Å². The summed E-state index contributed by atoms with van der Waals surface area (Å²) >= 11 is 0. The third kappa shape index (κ3) is 4.99. The van der Waals surface area contributed by atoms with Gasteiger partial charge in [-0.3, -0.25) is 9.36 Å². The maximum Gasteiger partial charge on any atom is 0.323 e. The molecule has 0 radical (unpaired) electrons. The Bertz CT molecular complexity index is 419. The van der Waals surface area contributed by atoms with Crippen molar-refractivity contribution >= 4 is 14.1 Å². The standard InChI is InChI=1S/C13H25FNO6P/c1-7(2)20-12(17)8(3)15-22(18)19-6-10-11(16)13(5,14)9(4)21-10/h7-11,16,22H,6H2,1-5H3,(H,15,18)/t8-,9-,10+,11+,13-/m0/s1. The number of carbonyl (C=O) groups excluding carboxylic acids is 1. The zero-order valence-electron chi connectivity index (χ0n) is 13.5. The quantitative estimate of drug-likeness (QED) is 0.531. The van der Waals surface area contributed by atoms with Crippen LogP contribution in [0, 0.1) is 0 Å². The number of ether oxygens (including phenoxy) is 2. The van der Waals surface area contributed by atoms with Crippen LogP contribution in [-0.2, 0) is 23.4 Å². The molecule has 0 bridgehead atoms. The number of carbonyl (C=O) groups is 1. The average Bonchev–Trinajstić information content (AvgIpc) is 2.59. The predicted octanol–water partition coefficient (Wildman–Crippen LogP) is 1.20. The normalized spacial score (nSPS) is 34.6. The molecule has 0 aromatic carbocycles. The first kappa shape index (κ1) is 19.5. The molecule has 1 aliphatic heterocycles. The highest BCUT2D eigenvalue weighted by atomic mass is 31.1. The first-order valence-corrected chi connectivity index (χ1v) is 8.53. The number of hydrogen-bond acceptors (Lipinski definition) is 6. The van der Waals surface area contributed by atoms with Crippen molar-refractivity contribution in [3.05, 3.63) is 0 Å². The number of alkyl halides is 1. The topological polar surface area (TPSA) is 94.1 Å². The minimum absolute atomic E-state index is 0.234. The first-order chi connectivity index (χ1) is 10.1. The van der Waals surface area contributed by atoms with E-state index < -0.39 is 44.2 Å². The maximum absolute atomic E-state index is 14.0. The molecule has 2 N–H and O–H groups in total. The number of hydrogen-bond donors (Lipinski definition) is 2. The largest absolute Gasteiger partial charge is 0.462 e. The molecule has 1 saturated heterocycles. The van der Waals surface area contributed by atoms with Crippen LogP contribution in [0.3, 0.4) is 0 Å². The molecule has 1 unspecified atom stereocenters. The lowest BCUT2D eigenvalue weighted by atomic mass is 9.96. The van der Waals surface area contributed by atoms with Crippen LogP contribution in [0.1, 0.15) is 34.6 Å². The van der Waals surface area contributed by atoms with Crippen LogP contribution < -0.4 is 5.09 Å². The van der Waals surface area contributed by atoms with Crippen molar-refractivity contribution < 1.29 is 32.9 Å². The Morgan fingerprint density at radius 3 is 2.55 bits per heavy atom. The summed E-state index contributed by atoms with van der Waals surface area (Å²) in [7, 11) is -2.75. The van der Waals surface area contributed by atoms with Gasteiger partial charge in [-0.25, -0.2) is 9.48 Å². The van der Waals surface area contributed by atoms with Gasteiger partial charge in [0.1, 0.15) is 18.2 Å². The molecule has 1 heterocycles. The second-order valence-electron chi connectivity index (χ2n) is 5.86. The van der Waals surface area contributed by atoms with Crippen LogP contribution in [0.15, 0.2) is 0 Å². The molecule has 0 aromatic heterocycles. The Hall–Kier alpha value is -0.530. The van der Waals surface area contributed by atoms with Crippen molar-refractivity contribution in [1.82, 2.24) is 5.09 Å². The highest BCUT2D eigenvalue weighted by Gasteiger charge is 2.51. The molecule has 1 rings (SSSR count). The van der Waals surface area contributed by atoms with Gasteiger partial charge in [0.15, 0.2) is 5.67 Å². The molecule has 1 aliphatic rings. The lowest BCUT2D eigenvalue weighted by molar-refractivity contribution is -0.149. The molecule has 0 saturated carbocycles. The lowest BCUT2D eigenvalue weighted by Gasteiger charge is -2.21. The molecule has 0 aromatic rings. The van der Waals surface area contributed by atoms with Gasteiger partial charge in [0.2, 0.25) is 0 Å². The van der Waals surface area contributed by atoms with Crippen molar-refractivity contribution in [2.45, 2.75) is 70.7 Å². The van der Waals surface area contributed by atoms with E-state index in [1.807, 2.05) is 0 Å². The number of rotatable bonds is 7. The zero-order chi connectivity index (χ0) is 17.1. The van der Waals surface area contributed by atoms with Crippen LogP contribution in [0.25, 0.3) is 0 Å². The van der Waals surface area contributed by atoms with E-state index in [0.717, 1.165) is 0 Å². The zero-order valence-corrected chi connectivity index (χ0v) is 14.5. The number of esters is 1. The monoisotopic (exact) mass is 341 g/mol. The van der Waals surface area contributed by atoms with E-state index in [9.17, 15) is 18.9 Å². The molecule has 7 nitrogen and oxygen atoms in total. The molecule has 6 atom stereocenters. The Morgan fingerprint density at radius 1 is 1.50 bits per heavy atom. The van der Waals surface area contributed by atoms with E-state index in [-0.39, 0.29) is 12.7 Å². The molecule has 0 aliphatic carbocycles. The van der Waals surface area contributed by atoms with Gasteiger partial charge in [-0.15, -0.1) is 0 Å². The molecule has 0 spiro atoms. The van der Waals surface area contributed by atoms with Gasteiger partial charge in [0, 0.05) is 0 Å². The number of halogens is 1. The maximum atomic E-state index is 14.0. The summed E-state index contributed by atoms with van der Waals surface area (Å²) in [6.07, 6.45) is -3.32. The smallest absolute Gasteiger partial charge is 0.323 e. The van der Waals surface area contributed by atoms with Crippen molar-refractivity contribution in [3.8, 4) is 0 Å². The Morgan fingerprint density at radius 2 is 2.09 bits per heavy atom. The van der Waals surface area contributed by atoms with E-state index in [0.29, 0.717) is 0 Å². The molecule has 22 heavy (non-hydrogen) atoms. The second-order valence-corrected chi connectivity index (χ2v) is 7.02.